The maximum absolute atomic E-state index is 12.0. The Hall–Kier alpha value is -1.88. The van der Waals surface area contributed by atoms with Gasteiger partial charge in [-0.25, -0.2) is 9.69 Å². The quantitative estimate of drug-likeness (QED) is 0.796. The third kappa shape index (κ3) is 2.14. The van der Waals surface area contributed by atoms with Crippen molar-refractivity contribution in [1.29, 1.82) is 0 Å². The number of imide groups is 1. The van der Waals surface area contributed by atoms with E-state index in [9.17, 15) is 9.59 Å². The summed E-state index contributed by atoms with van der Waals surface area (Å²) in [5, 5.41) is 2.59. The number of rotatable bonds is 3. The Morgan fingerprint density at radius 2 is 2.18 bits per heavy atom. The summed E-state index contributed by atoms with van der Waals surface area (Å²) in [6.07, 6.45) is 0. The molecule has 1 aromatic carbocycles. The lowest BCUT2D eigenvalue weighted by Gasteiger charge is -2.13. The predicted molar refractivity (Wildman–Crippen MR) is 62.9 cm³/mol. The third-order valence-electron chi connectivity index (χ3n) is 2.61. The van der Waals surface area contributed by atoms with Crippen molar-refractivity contribution in [2.75, 3.05) is 18.6 Å². The standard InChI is InChI=1S/C12H14N2O3/c1-8-4-3-5-9(6-8)14-11(15)10(7-17-2)13-12(14)16/h3-6,10H,7H2,1-2H3,(H,13,16). The molecule has 1 N–H and O–H groups in total. The van der Waals surface area contributed by atoms with Crippen LogP contribution in [-0.4, -0.2) is 31.7 Å². The zero-order valence-electron chi connectivity index (χ0n) is 9.77. The Labute approximate surface area is 99.4 Å². The van der Waals surface area contributed by atoms with Crippen LogP contribution < -0.4 is 10.2 Å². The van der Waals surface area contributed by atoms with E-state index in [4.69, 9.17) is 4.74 Å². The topological polar surface area (TPSA) is 58.6 Å². The number of carbonyl (C=O) groups excluding carboxylic acids is 2. The molecule has 1 aromatic rings. The van der Waals surface area contributed by atoms with Crippen LogP contribution in [0.4, 0.5) is 10.5 Å². The minimum atomic E-state index is -0.590. The smallest absolute Gasteiger partial charge is 0.329 e. The van der Waals surface area contributed by atoms with Gasteiger partial charge in [-0.05, 0) is 24.6 Å². The van der Waals surface area contributed by atoms with Crippen LogP contribution in [0, 0.1) is 6.92 Å². The molecule has 0 aliphatic carbocycles. The van der Waals surface area contributed by atoms with E-state index in [2.05, 4.69) is 5.32 Å². The molecule has 0 radical (unpaired) electrons. The second-order valence-electron chi connectivity index (χ2n) is 3.97. The Kier molecular flexibility index (Phi) is 3.10. The molecule has 3 amide bonds. The second-order valence-corrected chi connectivity index (χ2v) is 3.97. The molecule has 0 bridgehead atoms. The summed E-state index contributed by atoms with van der Waals surface area (Å²) < 4.78 is 4.89. The highest BCUT2D eigenvalue weighted by Gasteiger charge is 2.38. The molecule has 5 heteroatoms. The van der Waals surface area contributed by atoms with E-state index < -0.39 is 12.1 Å². The van der Waals surface area contributed by atoms with Gasteiger partial charge in [0.05, 0.1) is 12.3 Å². The monoisotopic (exact) mass is 234 g/mol. The number of nitrogens with one attached hydrogen (secondary N) is 1. The molecule has 17 heavy (non-hydrogen) atoms. The van der Waals surface area contributed by atoms with E-state index >= 15 is 0 Å². The van der Waals surface area contributed by atoms with Crippen LogP contribution in [0.5, 0.6) is 0 Å². The average Bonchev–Trinajstić information content (AvgIpc) is 2.55. The first-order valence-corrected chi connectivity index (χ1v) is 5.33. The van der Waals surface area contributed by atoms with Crippen molar-refractivity contribution in [2.24, 2.45) is 0 Å². The highest BCUT2D eigenvalue weighted by molar-refractivity contribution is 6.21. The van der Waals surface area contributed by atoms with Gasteiger partial charge in [-0.3, -0.25) is 4.79 Å². The second kappa shape index (κ2) is 4.55. The lowest BCUT2D eigenvalue weighted by molar-refractivity contribution is -0.119. The number of anilines is 1. The van der Waals surface area contributed by atoms with Crippen molar-refractivity contribution in [3.63, 3.8) is 0 Å². The fourth-order valence-corrected chi connectivity index (χ4v) is 1.82. The van der Waals surface area contributed by atoms with Gasteiger partial charge in [0.25, 0.3) is 5.91 Å². The van der Waals surface area contributed by atoms with Crippen molar-refractivity contribution < 1.29 is 14.3 Å². The Bertz CT molecular complexity index is 459. The molecule has 1 aliphatic heterocycles. The first-order chi connectivity index (χ1) is 8.13. The summed E-state index contributed by atoms with van der Waals surface area (Å²) >= 11 is 0. The summed E-state index contributed by atoms with van der Waals surface area (Å²) in [6, 6.07) is 6.27. The van der Waals surface area contributed by atoms with E-state index in [1.165, 1.54) is 7.11 Å². The molecule has 90 valence electrons. The molecule has 1 heterocycles. The number of methoxy groups -OCH3 is 1. The molecule has 5 nitrogen and oxygen atoms in total. The van der Waals surface area contributed by atoms with Crippen LogP contribution in [0.1, 0.15) is 5.56 Å². The van der Waals surface area contributed by atoms with Gasteiger partial charge < -0.3 is 10.1 Å². The normalized spacial score (nSPS) is 19.6. The number of aryl methyl sites for hydroxylation is 1. The fraction of sp³-hybridized carbons (Fsp3) is 0.333. The highest BCUT2D eigenvalue weighted by atomic mass is 16.5. The van der Waals surface area contributed by atoms with E-state index in [0.717, 1.165) is 10.5 Å². The average molecular weight is 234 g/mol. The number of carbonyl (C=O) groups is 2. The lowest BCUT2D eigenvalue weighted by atomic mass is 10.2. The molecule has 1 saturated heterocycles. The molecule has 1 unspecified atom stereocenters. The van der Waals surface area contributed by atoms with Crippen LogP contribution in [-0.2, 0) is 9.53 Å². The van der Waals surface area contributed by atoms with Gasteiger partial charge in [0.1, 0.15) is 6.04 Å². The molecular formula is C12H14N2O3. The van der Waals surface area contributed by atoms with E-state index in [0.29, 0.717) is 5.69 Å². The SMILES string of the molecule is COCC1NC(=O)N(c2cccc(C)c2)C1=O. The zero-order chi connectivity index (χ0) is 12.4. The Morgan fingerprint density at radius 3 is 2.82 bits per heavy atom. The van der Waals surface area contributed by atoms with Gasteiger partial charge in [0, 0.05) is 7.11 Å². The number of ether oxygens (including phenoxy) is 1. The third-order valence-corrected chi connectivity index (χ3v) is 2.61. The van der Waals surface area contributed by atoms with Crippen molar-refractivity contribution in [3.8, 4) is 0 Å². The Balaban J connectivity index is 2.27. The summed E-state index contributed by atoms with van der Waals surface area (Å²) in [7, 11) is 1.49. The van der Waals surface area contributed by atoms with E-state index in [1.54, 1.807) is 12.1 Å². The van der Waals surface area contributed by atoms with E-state index in [-0.39, 0.29) is 12.5 Å². The first kappa shape index (κ1) is 11.6. The van der Waals surface area contributed by atoms with Crippen LogP contribution in [0.2, 0.25) is 0 Å². The molecule has 2 rings (SSSR count). The van der Waals surface area contributed by atoms with Crippen molar-refractivity contribution in [3.05, 3.63) is 29.8 Å². The number of amides is 3. The van der Waals surface area contributed by atoms with Crippen LogP contribution >= 0.6 is 0 Å². The maximum atomic E-state index is 12.0. The number of hydrogen-bond donors (Lipinski definition) is 1. The van der Waals surface area contributed by atoms with E-state index in [1.807, 2.05) is 19.1 Å². The largest absolute Gasteiger partial charge is 0.382 e. The maximum Gasteiger partial charge on any atom is 0.329 e. The van der Waals surface area contributed by atoms with Crippen molar-refractivity contribution in [2.45, 2.75) is 13.0 Å². The van der Waals surface area contributed by atoms with Gasteiger partial charge in [-0.1, -0.05) is 12.1 Å². The van der Waals surface area contributed by atoms with Gasteiger partial charge in [0.2, 0.25) is 0 Å². The first-order valence-electron chi connectivity index (χ1n) is 5.33. The summed E-state index contributed by atoms with van der Waals surface area (Å²) in [5.41, 5.74) is 1.59. The molecule has 0 saturated carbocycles. The lowest BCUT2D eigenvalue weighted by Crippen LogP contribution is -2.34. The molecule has 0 spiro atoms. The summed E-state index contributed by atoms with van der Waals surface area (Å²) in [5.74, 6) is -0.276. The molecule has 1 atom stereocenters. The van der Waals surface area contributed by atoms with Crippen LogP contribution in [0.15, 0.2) is 24.3 Å². The Morgan fingerprint density at radius 1 is 1.41 bits per heavy atom. The zero-order valence-corrected chi connectivity index (χ0v) is 9.77. The van der Waals surface area contributed by atoms with Crippen molar-refractivity contribution in [1.82, 2.24) is 5.32 Å². The minimum Gasteiger partial charge on any atom is -0.382 e. The molecule has 1 fully saturated rings. The highest BCUT2D eigenvalue weighted by Crippen LogP contribution is 2.20. The number of benzene rings is 1. The van der Waals surface area contributed by atoms with Gasteiger partial charge >= 0.3 is 6.03 Å². The van der Waals surface area contributed by atoms with Crippen molar-refractivity contribution >= 4 is 17.6 Å². The summed E-state index contributed by atoms with van der Waals surface area (Å²) in [4.78, 5) is 24.8. The number of urea groups is 1. The minimum absolute atomic E-state index is 0.187. The fourth-order valence-electron chi connectivity index (χ4n) is 1.82. The molecule has 0 aromatic heterocycles. The molecule has 1 aliphatic rings. The summed E-state index contributed by atoms with van der Waals surface area (Å²) in [6.45, 7) is 2.10. The molecular weight excluding hydrogens is 220 g/mol. The predicted octanol–water partition coefficient (Wildman–Crippen LogP) is 1.07. The van der Waals surface area contributed by atoms with Gasteiger partial charge in [-0.15, -0.1) is 0 Å². The van der Waals surface area contributed by atoms with Gasteiger partial charge in [0.15, 0.2) is 0 Å². The number of nitrogens with zero attached hydrogens (tertiary/aromatic N) is 1. The number of hydrogen-bond acceptors (Lipinski definition) is 3. The van der Waals surface area contributed by atoms with Gasteiger partial charge in [-0.2, -0.15) is 0 Å². The van der Waals surface area contributed by atoms with Crippen LogP contribution in [0.3, 0.4) is 0 Å². The van der Waals surface area contributed by atoms with Crippen LogP contribution in [0.25, 0.3) is 0 Å².